The van der Waals surface area contributed by atoms with E-state index in [-0.39, 0.29) is 18.0 Å². The SMILES string of the molecule is COC(=O)c1c(O)c2c([nH]c1=O)-c1cc3c(Cc4ccc(OC)cc4OC)c(CO[Si](C)(C)C(C)(C)C)n(C)c3cc1N(C(=O)OC(C)(C)C)CC2. The first-order valence-corrected chi connectivity index (χ1v) is 20.2. The topological polar surface area (TPSA) is 142 Å². The zero-order valence-corrected chi connectivity index (χ0v) is 33.3. The zero-order chi connectivity index (χ0) is 38.5. The van der Waals surface area contributed by atoms with Gasteiger partial charge in [0.2, 0.25) is 0 Å². The lowest BCUT2D eigenvalue weighted by atomic mass is 9.96. The number of anilines is 1. The lowest BCUT2D eigenvalue weighted by molar-refractivity contribution is 0.0574. The van der Waals surface area contributed by atoms with Crippen LogP contribution in [0.3, 0.4) is 0 Å². The Morgan fingerprint density at radius 3 is 2.29 bits per heavy atom. The van der Waals surface area contributed by atoms with Gasteiger partial charge in [0, 0.05) is 48.3 Å². The summed E-state index contributed by atoms with van der Waals surface area (Å²) < 4.78 is 30.8. The van der Waals surface area contributed by atoms with Gasteiger partial charge in [0.15, 0.2) is 13.9 Å². The zero-order valence-electron chi connectivity index (χ0n) is 32.3. The maximum absolute atomic E-state index is 13.9. The van der Waals surface area contributed by atoms with Crippen molar-refractivity contribution in [3.8, 4) is 28.5 Å². The largest absolute Gasteiger partial charge is 0.506 e. The fraction of sp³-hybridized carbons (Fsp3) is 0.462. The number of esters is 1. The molecular formula is C39H51N3O9Si. The number of aromatic amines is 1. The molecule has 0 spiro atoms. The van der Waals surface area contributed by atoms with Crippen LogP contribution in [0.15, 0.2) is 35.1 Å². The summed E-state index contributed by atoms with van der Waals surface area (Å²) in [5.41, 5.74) is 3.14. The number of fused-ring (bicyclic) bond motifs is 4. The Kier molecular flexibility index (Phi) is 10.4. The Bertz CT molecular complexity index is 2100. The second-order valence-electron chi connectivity index (χ2n) is 15.7. The van der Waals surface area contributed by atoms with E-state index >= 15 is 0 Å². The molecule has 52 heavy (non-hydrogen) atoms. The van der Waals surface area contributed by atoms with Crippen LogP contribution in [0, 0.1) is 0 Å². The van der Waals surface area contributed by atoms with Gasteiger partial charge in [-0.15, -0.1) is 0 Å². The van der Waals surface area contributed by atoms with E-state index in [1.54, 1.807) is 35.0 Å². The number of nitrogens with zero attached hydrogens (tertiary/aromatic N) is 2. The van der Waals surface area contributed by atoms with Crippen LogP contribution in [0.1, 0.15) is 74.3 Å². The minimum Gasteiger partial charge on any atom is -0.506 e. The first-order valence-electron chi connectivity index (χ1n) is 17.3. The Morgan fingerprint density at radius 1 is 1.00 bits per heavy atom. The number of H-pyrrole nitrogens is 1. The van der Waals surface area contributed by atoms with Crippen LogP contribution in [-0.2, 0) is 40.4 Å². The van der Waals surface area contributed by atoms with E-state index in [2.05, 4.69) is 43.4 Å². The van der Waals surface area contributed by atoms with E-state index in [1.807, 2.05) is 37.4 Å². The van der Waals surface area contributed by atoms with Gasteiger partial charge in [0.25, 0.3) is 5.56 Å². The van der Waals surface area contributed by atoms with Crippen molar-refractivity contribution >= 4 is 37.0 Å². The molecule has 4 aromatic rings. The van der Waals surface area contributed by atoms with Gasteiger partial charge in [-0.3, -0.25) is 9.69 Å². The highest BCUT2D eigenvalue weighted by molar-refractivity contribution is 6.74. The Morgan fingerprint density at radius 2 is 1.69 bits per heavy atom. The smallest absolute Gasteiger partial charge is 0.414 e. The molecule has 0 radical (unpaired) electrons. The number of benzene rings is 2. The predicted octanol–water partition coefficient (Wildman–Crippen LogP) is 7.45. The molecule has 2 N–H and O–H groups in total. The third-order valence-corrected chi connectivity index (χ3v) is 14.7. The number of rotatable bonds is 8. The number of aromatic nitrogens is 2. The third kappa shape index (κ3) is 7.16. The molecule has 280 valence electrons. The van der Waals surface area contributed by atoms with Crippen molar-refractivity contribution in [2.24, 2.45) is 7.05 Å². The van der Waals surface area contributed by atoms with Crippen LogP contribution in [0.4, 0.5) is 10.5 Å². The van der Waals surface area contributed by atoms with Crippen molar-refractivity contribution in [1.29, 1.82) is 0 Å². The lowest BCUT2D eigenvalue weighted by Crippen LogP contribution is -2.40. The summed E-state index contributed by atoms with van der Waals surface area (Å²) in [7, 11) is 4.16. The van der Waals surface area contributed by atoms with Crippen molar-refractivity contribution in [1.82, 2.24) is 9.55 Å². The van der Waals surface area contributed by atoms with Gasteiger partial charge in [0.1, 0.15) is 22.8 Å². The summed E-state index contributed by atoms with van der Waals surface area (Å²) in [4.78, 5) is 44.2. The van der Waals surface area contributed by atoms with Gasteiger partial charge in [-0.05, 0) is 74.7 Å². The molecule has 13 heteroatoms. The average molecular weight is 734 g/mol. The molecule has 0 aliphatic carbocycles. The molecule has 0 saturated heterocycles. The number of aryl methyl sites for hydroxylation is 1. The highest BCUT2D eigenvalue weighted by atomic mass is 28.4. The van der Waals surface area contributed by atoms with Crippen LogP contribution in [-0.4, -0.2) is 68.5 Å². The highest BCUT2D eigenvalue weighted by Crippen LogP contribution is 2.44. The van der Waals surface area contributed by atoms with E-state index in [0.29, 0.717) is 47.0 Å². The molecule has 0 fully saturated rings. The molecule has 0 unspecified atom stereocenters. The monoisotopic (exact) mass is 733 g/mol. The second-order valence-corrected chi connectivity index (χ2v) is 20.5. The van der Waals surface area contributed by atoms with Crippen LogP contribution >= 0.6 is 0 Å². The summed E-state index contributed by atoms with van der Waals surface area (Å²) in [5, 5.41) is 12.2. The Balaban J connectivity index is 1.84. The minimum atomic E-state index is -2.19. The molecule has 12 nitrogen and oxygen atoms in total. The van der Waals surface area contributed by atoms with Crippen LogP contribution < -0.4 is 19.9 Å². The van der Waals surface area contributed by atoms with Gasteiger partial charge >= 0.3 is 12.1 Å². The molecular weight excluding hydrogens is 683 g/mol. The van der Waals surface area contributed by atoms with Crippen molar-refractivity contribution < 1.29 is 38.1 Å². The van der Waals surface area contributed by atoms with E-state index in [1.165, 1.54) is 4.90 Å². The van der Waals surface area contributed by atoms with Crippen molar-refractivity contribution in [2.75, 3.05) is 32.8 Å². The minimum absolute atomic E-state index is 0.0250. The first-order chi connectivity index (χ1) is 24.2. The van der Waals surface area contributed by atoms with Crippen LogP contribution in [0.25, 0.3) is 22.2 Å². The Labute approximate surface area is 305 Å². The fourth-order valence-corrected chi connectivity index (χ4v) is 7.23. The summed E-state index contributed by atoms with van der Waals surface area (Å²) in [6.07, 6.45) is -0.00590. The molecule has 1 amide bonds. The molecule has 1 aliphatic rings. The number of pyridine rings is 1. The summed E-state index contributed by atoms with van der Waals surface area (Å²) in [6.45, 7) is 16.8. The highest BCUT2D eigenvalue weighted by Gasteiger charge is 2.38. The molecule has 0 bridgehead atoms. The third-order valence-electron chi connectivity index (χ3n) is 10.2. The number of carbonyl (C=O) groups excluding carboxylic acids is 2. The summed E-state index contributed by atoms with van der Waals surface area (Å²) in [6, 6.07) is 9.56. The van der Waals surface area contributed by atoms with Crippen LogP contribution in [0.2, 0.25) is 18.1 Å². The van der Waals surface area contributed by atoms with Gasteiger partial charge in [-0.25, -0.2) is 9.59 Å². The molecule has 0 atom stereocenters. The first kappa shape index (κ1) is 38.5. The maximum atomic E-state index is 13.9. The van der Waals surface area contributed by atoms with E-state index in [9.17, 15) is 19.5 Å². The number of aromatic hydroxyl groups is 1. The van der Waals surface area contributed by atoms with Gasteiger partial charge in [-0.2, -0.15) is 0 Å². The normalized spacial score (nSPS) is 13.3. The predicted molar refractivity (Wildman–Crippen MR) is 204 cm³/mol. The molecule has 2 aromatic heterocycles. The van der Waals surface area contributed by atoms with Gasteiger partial charge in [-0.1, -0.05) is 26.8 Å². The standard InChI is InChI=1S/C39H51N3O9Si/c1-38(2,3)51-37(46)42-16-15-24-33(40-35(44)32(34(24)43)36(45)49-10)27-19-26-25(17-22-13-14-23(47-8)18-31(22)48-9)30(41(7)28(26)20-29(27)42)21-50-52(11,12)39(4,5)6/h13-14,18-20H,15-17,21H2,1-12H3,(H2,40,43,44). The number of hydrogen-bond donors (Lipinski definition) is 2. The van der Waals surface area contributed by atoms with Crippen molar-refractivity contribution in [2.45, 2.75) is 84.7 Å². The van der Waals surface area contributed by atoms with E-state index in [0.717, 1.165) is 34.8 Å². The maximum Gasteiger partial charge on any atom is 0.414 e. The molecule has 1 aliphatic heterocycles. The molecule has 0 saturated carbocycles. The van der Waals surface area contributed by atoms with Crippen LogP contribution in [0.5, 0.6) is 17.2 Å². The number of methoxy groups -OCH3 is 3. The number of nitrogens with one attached hydrogen (secondary N) is 1. The van der Waals surface area contributed by atoms with E-state index < -0.39 is 42.9 Å². The van der Waals surface area contributed by atoms with Crippen molar-refractivity contribution in [3.05, 3.63) is 68.6 Å². The molecule has 3 heterocycles. The quantitative estimate of drug-likeness (QED) is 0.140. The average Bonchev–Trinajstić information content (AvgIpc) is 3.20. The molecule has 2 aromatic carbocycles. The van der Waals surface area contributed by atoms with Gasteiger partial charge in [0.05, 0.1) is 44.8 Å². The number of hydrogen-bond acceptors (Lipinski definition) is 9. The lowest BCUT2D eigenvalue weighted by Gasteiger charge is -2.36. The fourth-order valence-electron chi connectivity index (χ4n) is 6.30. The number of carbonyl (C=O) groups is 2. The summed E-state index contributed by atoms with van der Waals surface area (Å²) >= 11 is 0. The van der Waals surface area contributed by atoms with Gasteiger partial charge < -0.3 is 38.0 Å². The summed E-state index contributed by atoms with van der Waals surface area (Å²) in [5.74, 6) is -0.120. The number of ether oxygens (including phenoxy) is 4. The Hall–Kier alpha value is -4.75. The number of amides is 1. The van der Waals surface area contributed by atoms with Crippen molar-refractivity contribution in [3.63, 3.8) is 0 Å². The molecule has 5 rings (SSSR count). The van der Waals surface area contributed by atoms with E-state index in [4.69, 9.17) is 23.4 Å². The second kappa shape index (κ2) is 14.0.